The van der Waals surface area contributed by atoms with E-state index in [9.17, 15) is 0 Å². The summed E-state index contributed by atoms with van der Waals surface area (Å²) in [7, 11) is 0. The van der Waals surface area contributed by atoms with E-state index in [1.54, 1.807) is 0 Å². The van der Waals surface area contributed by atoms with Gasteiger partial charge in [-0.1, -0.05) is 31.3 Å². The average molecular weight is 239 g/mol. The van der Waals surface area contributed by atoms with Crippen molar-refractivity contribution >= 4 is 5.84 Å². The van der Waals surface area contributed by atoms with Crippen molar-refractivity contribution in [2.75, 3.05) is 19.6 Å². The van der Waals surface area contributed by atoms with E-state index >= 15 is 0 Å². The Balaban J connectivity index is 1.83. The lowest BCUT2D eigenvalue weighted by Gasteiger charge is -2.42. The number of amidine groups is 1. The zero-order valence-corrected chi connectivity index (χ0v) is 10.8. The van der Waals surface area contributed by atoms with E-state index in [0.717, 1.165) is 18.4 Å². The third-order valence-corrected chi connectivity index (χ3v) is 4.53. The standard InChI is InChI=1S/C13H25N3O/c1-10(13(14)15-17)8-16-7-6-11-4-2-3-5-12(11)9-16/h10-12,17H,2-9H2,1H3,(H2,14,15). The number of hydrogen-bond donors (Lipinski definition) is 2. The summed E-state index contributed by atoms with van der Waals surface area (Å²) in [6.45, 7) is 5.36. The van der Waals surface area contributed by atoms with Crippen molar-refractivity contribution in [3.05, 3.63) is 0 Å². The second kappa shape index (κ2) is 5.71. The summed E-state index contributed by atoms with van der Waals surface area (Å²) < 4.78 is 0. The molecule has 1 aliphatic heterocycles. The fraction of sp³-hybridized carbons (Fsp3) is 0.923. The van der Waals surface area contributed by atoms with E-state index in [2.05, 4.69) is 10.1 Å². The molecule has 2 fully saturated rings. The molecule has 3 atom stereocenters. The van der Waals surface area contributed by atoms with Crippen LogP contribution in [0, 0.1) is 17.8 Å². The zero-order valence-electron chi connectivity index (χ0n) is 10.8. The maximum absolute atomic E-state index is 8.67. The summed E-state index contributed by atoms with van der Waals surface area (Å²) in [5.74, 6) is 2.38. The molecule has 0 aromatic heterocycles. The SMILES string of the molecule is CC(CN1CCC2CCCCC2C1)/C(N)=N/O. The molecule has 2 rings (SSSR count). The Morgan fingerprint density at radius 1 is 1.35 bits per heavy atom. The highest BCUT2D eigenvalue weighted by Gasteiger charge is 2.31. The van der Waals surface area contributed by atoms with Crippen molar-refractivity contribution in [2.24, 2.45) is 28.6 Å². The molecule has 17 heavy (non-hydrogen) atoms. The van der Waals surface area contributed by atoms with Gasteiger partial charge in [0.05, 0.1) is 0 Å². The molecular weight excluding hydrogens is 214 g/mol. The molecular formula is C13H25N3O. The molecule has 0 aromatic rings. The topological polar surface area (TPSA) is 61.8 Å². The first-order valence-electron chi connectivity index (χ1n) is 6.90. The largest absolute Gasteiger partial charge is 0.409 e. The van der Waals surface area contributed by atoms with Gasteiger partial charge in [-0.3, -0.25) is 0 Å². The van der Waals surface area contributed by atoms with Gasteiger partial charge in [0.2, 0.25) is 0 Å². The molecule has 0 amide bonds. The van der Waals surface area contributed by atoms with E-state index < -0.39 is 0 Å². The highest BCUT2D eigenvalue weighted by Crippen LogP contribution is 2.36. The maximum atomic E-state index is 8.67. The average Bonchev–Trinajstić information content (AvgIpc) is 2.37. The van der Waals surface area contributed by atoms with Gasteiger partial charge in [-0.05, 0) is 31.2 Å². The van der Waals surface area contributed by atoms with Crippen LogP contribution in [-0.2, 0) is 0 Å². The summed E-state index contributed by atoms with van der Waals surface area (Å²) in [6, 6.07) is 0. The van der Waals surface area contributed by atoms with Crippen LogP contribution in [0.25, 0.3) is 0 Å². The first-order chi connectivity index (χ1) is 8.20. The molecule has 0 spiro atoms. The van der Waals surface area contributed by atoms with Crippen LogP contribution < -0.4 is 5.73 Å². The van der Waals surface area contributed by atoms with Gasteiger partial charge in [-0.25, -0.2) is 0 Å². The normalized spacial score (nSPS) is 33.1. The van der Waals surface area contributed by atoms with Gasteiger partial charge >= 0.3 is 0 Å². The van der Waals surface area contributed by atoms with Gasteiger partial charge < -0.3 is 15.8 Å². The predicted molar refractivity (Wildman–Crippen MR) is 69.1 cm³/mol. The Bertz CT molecular complexity index is 280. The van der Waals surface area contributed by atoms with Gasteiger partial charge in [0, 0.05) is 19.0 Å². The van der Waals surface area contributed by atoms with Crippen LogP contribution in [0.3, 0.4) is 0 Å². The summed E-state index contributed by atoms with van der Waals surface area (Å²) in [5.41, 5.74) is 5.64. The van der Waals surface area contributed by atoms with Crippen molar-refractivity contribution < 1.29 is 5.21 Å². The fourth-order valence-electron chi connectivity index (χ4n) is 3.42. The molecule has 2 aliphatic rings. The van der Waals surface area contributed by atoms with Crippen molar-refractivity contribution in [2.45, 2.75) is 39.0 Å². The van der Waals surface area contributed by atoms with Gasteiger partial charge in [0.25, 0.3) is 0 Å². The fourth-order valence-corrected chi connectivity index (χ4v) is 3.42. The number of oxime groups is 1. The number of fused-ring (bicyclic) bond motifs is 1. The lowest BCUT2D eigenvalue weighted by Crippen LogP contribution is -2.45. The van der Waals surface area contributed by atoms with Crippen molar-refractivity contribution in [3.63, 3.8) is 0 Å². The second-order valence-corrected chi connectivity index (χ2v) is 5.78. The van der Waals surface area contributed by atoms with Crippen LogP contribution >= 0.6 is 0 Å². The van der Waals surface area contributed by atoms with Gasteiger partial charge in [0.1, 0.15) is 5.84 Å². The van der Waals surface area contributed by atoms with E-state index in [1.807, 2.05) is 6.92 Å². The minimum absolute atomic E-state index is 0.153. The Kier molecular flexibility index (Phi) is 4.26. The van der Waals surface area contributed by atoms with E-state index in [-0.39, 0.29) is 5.92 Å². The highest BCUT2D eigenvalue weighted by atomic mass is 16.4. The smallest absolute Gasteiger partial charge is 0.143 e. The zero-order chi connectivity index (χ0) is 12.3. The van der Waals surface area contributed by atoms with Crippen LogP contribution in [0.1, 0.15) is 39.0 Å². The molecule has 3 unspecified atom stereocenters. The van der Waals surface area contributed by atoms with Crippen LogP contribution in [0.15, 0.2) is 5.16 Å². The quantitative estimate of drug-likeness (QED) is 0.342. The molecule has 1 saturated carbocycles. The third-order valence-electron chi connectivity index (χ3n) is 4.53. The minimum atomic E-state index is 0.153. The van der Waals surface area contributed by atoms with Crippen LogP contribution in [0.2, 0.25) is 0 Å². The lowest BCUT2D eigenvalue weighted by molar-refractivity contribution is 0.0824. The molecule has 1 heterocycles. The number of nitrogens with two attached hydrogens (primary N) is 1. The molecule has 4 heteroatoms. The summed E-state index contributed by atoms with van der Waals surface area (Å²) in [5, 5.41) is 11.8. The number of rotatable bonds is 3. The number of piperidine rings is 1. The molecule has 0 radical (unpaired) electrons. The molecule has 0 bridgehead atoms. The number of likely N-dealkylation sites (tertiary alicyclic amines) is 1. The Hall–Kier alpha value is -0.770. The summed E-state index contributed by atoms with van der Waals surface area (Å²) >= 11 is 0. The van der Waals surface area contributed by atoms with Crippen molar-refractivity contribution in [3.8, 4) is 0 Å². The summed E-state index contributed by atoms with van der Waals surface area (Å²) in [6.07, 6.45) is 7.02. The van der Waals surface area contributed by atoms with Crippen LogP contribution in [0.4, 0.5) is 0 Å². The van der Waals surface area contributed by atoms with Gasteiger partial charge in [-0.15, -0.1) is 0 Å². The molecule has 1 aliphatic carbocycles. The first kappa shape index (κ1) is 12.7. The van der Waals surface area contributed by atoms with E-state index in [1.165, 1.54) is 45.2 Å². The Labute approximate surface area is 104 Å². The Morgan fingerprint density at radius 2 is 2.06 bits per heavy atom. The van der Waals surface area contributed by atoms with Crippen molar-refractivity contribution in [1.82, 2.24) is 4.90 Å². The molecule has 1 saturated heterocycles. The number of nitrogens with zero attached hydrogens (tertiary/aromatic N) is 2. The summed E-state index contributed by atoms with van der Waals surface area (Å²) in [4.78, 5) is 2.50. The third kappa shape index (κ3) is 3.12. The van der Waals surface area contributed by atoms with E-state index in [4.69, 9.17) is 10.9 Å². The van der Waals surface area contributed by atoms with Crippen LogP contribution in [0.5, 0.6) is 0 Å². The predicted octanol–water partition coefficient (Wildman–Crippen LogP) is 1.88. The first-order valence-corrected chi connectivity index (χ1v) is 6.90. The van der Waals surface area contributed by atoms with Crippen molar-refractivity contribution in [1.29, 1.82) is 0 Å². The van der Waals surface area contributed by atoms with Crippen LogP contribution in [-0.4, -0.2) is 35.6 Å². The Morgan fingerprint density at radius 3 is 2.76 bits per heavy atom. The van der Waals surface area contributed by atoms with E-state index in [0.29, 0.717) is 5.84 Å². The van der Waals surface area contributed by atoms with Gasteiger partial charge in [0.15, 0.2) is 0 Å². The molecule has 0 aromatic carbocycles. The monoisotopic (exact) mass is 239 g/mol. The second-order valence-electron chi connectivity index (χ2n) is 5.78. The lowest BCUT2D eigenvalue weighted by atomic mass is 9.75. The molecule has 98 valence electrons. The number of hydrogen-bond acceptors (Lipinski definition) is 3. The molecule has 4 nitrogen and oxygen atoms in total. The minimum Gasteiger partial charge on any atom is -0.409 e. The van der Waals surface area contributed by atoms with Gasteiger partial charge in [-0.2, -0.15) is 0 Å². The maximum Gasteiger partial charge on any atom is 0.143 e. The highest BCUT2D eigenvalue weighted by molar-refractivity contribution is 5.82. The molecule has 3 N–H and O–H groups in total.